The molecule has 1 N–H and O–H groups in total. The average molecular weight is 334 g/mol. The van der Waals surface area contributed by atoms with Crippen LogP contribution in [-0.2, 0) is 4.79 Å². The first-order chi connectivity index (χ1) is 10.0. The molecule has 6 heteroatoms. The van der Waals surface area contributed by atoms with Crippen molar-refractivity contribution in [3.8, 4) is 5.75 Å². The predicted molar refractivity (Wildman–Crippen MR) is 84.3 cm³/mol. The lowest BCUT2D eigenvalue weighted by Gasteiger charge is -2.15. The molecule has 0 aliphatic rings. The van der Waals surface area contributed by atoms with Gasteiger partial charge in [-0.05, 0) is 25.0 Å². The maximum Gasteiger partial charge on any atom is 0.344 e. The summed E-state index contributed by atoms with van der Waals surface area (Å²) in [5, 5.41) is 9.53. The highest BCUT2D eigenvalue weighted by atomic mass is 35.5. The van der Waals surface area contributed by atoms with Crippen molar-refractivity contribution < 1.29 is 14.6 Å². The lowest BCUT2D eigenvalue weighted by Crippen LogP contribution is -2.27. The smallest absolute Gasteiger partial charge is 0.344 e. The third kappa shape index (κ3) is 7.00. The van der Waals surface area contributed by atoms with Crippen molar-refractivity contribution in [2.75, 3.05) is 0 Å². The van der Waals surface area contributed by atoms with Gasteiger partial charge >= 0.3 is 5.97 Å². The van der Waals surface area contributed by atoms with Gasteiger partial charge in [0.2, 0.25) is 0 Å². The first-order valence-electron chi connectivity index (χ1n) is 7.26. The summed E-state index contributed by atoms with van der Waals surface area (Å²) in [5.74, 6) is -0.742. The van der Waals surface area contributed by atoms with Gasteiger partial charge in [-0.3, -0.25) is 0 Å². The fourth-order valence-electron chi connectivity index (χ4n) is 1.98. The average Bonchev–Trinajstić information content (AvgIpc) is 2.43. The number of aromatic nitrogens is 1. The van der Waals surface area contributed by atoms with Crippen LogP contribution in [0.15, 0.2) is 12.1 Å². The van der Waals surface area contributed by atoms with E-state index in [9.17, 15) is 9.90 Å². The van der Waals surface area contributed by atoms with Crippen LogP contribution in [-0.4, -0.2) is 22.2 Å². The molecular weight excluding hydrogens is 313 g/mol. The number of hydrogen-bond acceptors (Lipinski definition) is 3. The van der Waals surface area contributed by atoms with Crippen molar-refractivity contribution >= 4 is 29.2 Å². The number of rotatable bonds is 10. The van der Waals surface area contributed by atoms with Crippen LogP contribution >= 0.6 is 23.2 Å². The Balaban J connectivity index is 2.44. The number of unbranched alkanes of at least 4 members (excludes halogenated alkanes) is 5. The molecule has 1 rings (SSSR count). The Morgan fingerprint density at radius 2 is 1.90 bits per heavy atom. The van der Waals surface area contributed by atoms with E-state index in [1.54, 1.807) is 0 Å². The van der Waals surface area contributed by atoms with Crippen LogP contribution in [0.5, 0.6) is 5.75 Å². The lowest BCUT2D eigenvalue weighted by atomic mass is 10.1. The Bertz CT molecular complexity index is 455. The molecule has 0 amide bonds. The molecule has 21 heavy (non-hydrogen) atoms. The van der Waals surface area contributed by atoms with Crippen LogP contribution in [0.3, 0.4) is 0 Å². The van der Waals surface area contributed by atoms with Gasteiger partial charge in [-0.15, -0.1) is 0 Å². The Morgan fingerprint density at radius 3 is 2.52 bits per heavy atom. The van der Waals surface area contributed by atoms with E-state index in [0.717, 1.165) is 19.3 Å². The Labute approximate surface area is 135 Å². The standard InChI is InChI=1S/C15H21Cl2NO3/c1-2-3-4-5-6-7-8-12(15(19)20)21-11-9-10-13(16)18-14(11)17/h9-10,12H,2-8H2,1H3,(H,19,20). The molecule has 0 spiro atoms. The first kappa shape index (κ1) is 18.1. The van der Waals surface area contributed by atoms with Crippen molar-refractivity contribution in [2.45, 2.75) is 58.0 Å². The van der Waals surface area contributed by atoms with Gasteiger partial charge in [-0.1, -0.05) is 62.2 Å². The van der Waals surface area contributed by atoms with Crippen LogP contribution < -0.4 is 4.74 Å². The normalized spacial score (nSPS) is 12.1. The number of hydrogen-bond donors (Lipinski definition) is 1. The van der Waals surface area contributed by atoms with Gasteiger partial charge in [0.15, 0.2) is 17.0 Å². The van der Waals surface area contributed by atoms with E-state index in [1.807, 2.05) is 0 Å². The number of carboxylic acid groups (broad SMARTS) is 1. The maximum atomic E-state index is 11.2. The number of nitrogens with zero attached hydrogens (tertiary/aromatic N) is 1. The van der Waals surface area contributed by atoms with Gasteiger partial charge in [-0.2, -0.15) is 0 Å². The molecule has 1 heterocycles. The zero-order chi connectivity index (χ0) is 15.7. The summed E-state index contributed by atoms with van der Waals surface area (Å²) in [6, 6.07) is 3.06. The third-order valence-corrected chi connectivity index (χ3v) is 3.63. The lowest BCUT2D eigenvalue weighted by molar-refractivity contribution is -0.145. The summed E-state index contributed by atoms with van der Waals surface area (Å²) in [5.41, 5.74) is 0. The molecule has 0 aliphatic heterocycles. The van der Waals surface area contributed by atoms with E-state index in [-0.39, 0.29) is 16.1 Å². The predicted octanol–water partition coefficient (Wildman–Crippen LogP) is 4.97. The highest BCUT2D eigenvalue weighted by Gasteiger charge is 2.20. The number of carboxylic acids is 1. The van der Waals surface area contributed by atoms with Crippen molar-refractivity contribution in [1.29, 1.82) is 0 Å². The Morgan fingerprint density at radius 1 is 1.24 bits per heavy atom. The third-order valence-electron chi connectivity index (χ3n) is 3.15. The molecule has 1 unspecified atom stereocenters. The van der Waals surface area contributed by atoms with Crippen LogP contribution in [0.2, 0.25) is 10.3 Å². The molecule has 0 saturated carbocycles. The number of pyridine rings is 1. The number of ether oxygens (including phenoxy) is 1. The van der Waals surface area contributed by atoms with E-state index < -0.39 is 12.1 Å². The van der Waals surface area contributed by atoms with Crippen molar-refractivity contribution in [2.24, 2.45) is 0 Å². The summed E-state index contributed by atoms with van der Waals surface area (Å²) in [4.78, 5) is 15.1. The van der Waals surface area contributed by atoms with Gasteiger partial charge in [-0.25, -0.2) is 9.78 Å². The second kappa shape index (κ2) is 9.85. The second-order valence-corrected chi connectivity index (χ2v) is 5.67. The Hall–Kier alpha value is -1.00. The van der Waals surface area contributed by atoms with Gasteiger partial charge in [0.1, 0.15) is 5.15 Å². The number of halogens is 2. The first-order valence-corrected chi connectivity index (χ1v) is 8.01. The molecule has 4 nitrogen and oxygen atoms in total. The summed E-state index contributed by atoms with van der Waals surface area (Å²) >= 11 is 11.6. The zero-order valence-corrected chi connectivity index (χ0v) is 13.7. The van der Waals surface area contributed by atoms with Crippen molar-refractivity contribution in [1.82, 2.24) is 4.98 Å². The largest absolute Gasteiger partial charge is 0.479 e. The molecule has 0 radical (unpaired) electrons. The van der Waals surface area contributed by atoms with Gasteiger partial charge in [0.05, 0.1) is 0 Å². The minimum Gasteiger partial charge on any atom is -0.479 e. The molecular formula is C15H21Cl2NO3. The molecule has 1 aromatic rings. The fraction of sp³-hybridized carbons (Fsp3) is 0.600. The molecule has 118 valence electrons. The number of carbonyl (C=O) groups is 1. The minimum atomic E-state index is -0.991. The summed E-state index contributed by atoms with van der Waals surface area (Å²) in [7, 11) is 0. The fourth-order valence-corrected chi connectivity index (χ4v) is 2.37. The maximum absolute atomic E-state index is 11.2. The van der Waals surface area contributed by atoms with Crippen LogP contribution in [0.4, 0.5) is 0 Å². The van der Waals surface area contributed by atoms with Gasteiger partial charge in [0, 0.05) is 0 Å². The zero-order valence-electron chi connectivity index (χ0n) is 12.1. The SMILES string of the molecule is CCCCCCCCC(Oc1ccc(Cl)nc1Cl)C(=O)O. The molecule has 1 aromatic heterocycles. The van der Waals surface area contributed by atoms with Crippen molar-refractivity contribution in [3.05, 3.63) is 22.4 Å². The van der Waals surface area contributed by atoms with E-state index in [4.69, 9.17) is 27.9 Å². The highest BCUT2D eigenvalue weighted by molar-refractivity contribution is 6.33. The summed E-state index contributed by atoms with van der Waals surface area (Å²) < 4.78 is 5.44. The van der Waals surface area contributed by atoms with E-state index >= 15 is 0 Å². The summed E-state index contributed by atoms with van der Waals surface area (Å²) in [6.07, 6.45) is 6.13. The molecule has 0 aliphatic carbocycles. The van der Waals surface area contributed by atoms with E-state index in [0.29, 0.717) is 6.42 Å². The van der Waals surface area contributed by atoms with Gasteiger partial charge in [0.25, 0.3) is 0 Å². The minimum absolute atomic E-state index is 0.0803. The Kier molecular flexibility index (Phi) is 8.47. The van der Waals surface area contributed by atoms with E-state index in [1.165, 1.54) is 31.4 Å². The molecule has 0 aromatic carbocycles. The van der Waals surface area contributed by atoms with E-state index in [2.05, 4.69) is 11.9 Å². The van der Waals surface area contributed by atoms with Crippen molar-refractivity contribution in [3.63, 3.8) is 0 Å². The molecule has 0 fully saturated rings. The van der Waals surface area contributed by atoms with Crippen LogP contribution in [0.25, 0.3) is 0 Å². The highest BCUT2D eigenvalue weighted by Crippen LogP contribution is 2.26. The molecule has 1 atom stereocenters. The van der Waals surface area contributed by atoms with Crippen LogP contribution in [0, 0.1) is 0 Å². The topological polar surface area (TPSA) is 59.4 Å². The summed E-state index contributed by atoms with van der Waals surface area (Å²) in [6.45, 7) is 2.16. The quantitative estimate of drug-likeness (QED) is 0.485. The molecule has 0 saturated heterocycles. The second-order valence-electron chi connectivity index (χ2n) is 4.92. The molecule has 0 bridgehead atoms. The van der Waals surface area contributed by atoms with Gasteiger partial charge < -0.3 is 9.84 Å². The van der Waals surface area contributed by atoms with Crippen LogP contribution in [0.1, 0.15) is 51.9 Å². The number of aliphatic carboxylic acids is 1. The monoisotopic (exact) mass is 333 g/mol.